The van der Waals surface area contributed by atoms with Gasteiger partial charge in [-0.2, -0.15) is 0 Å². The van der Waals surface area contributed by atoms with Crippen molar-refractivity contribution in [1.29, 1.82) is 0 Å². The number of nitrogens with one attached hydrogen (secondary N) is 1. The summed E-state index contributed by atoms with van der Waals surface area (Å²) < 4.78 is 0. The molecule has 114 valence electrons. The summed E-state index contributed by atoms with van der Waals surface area (Å²) in [6.45, 7) is 3.68. The lowest BCUT2D eigenvalue weighted by Gasteiger charge is -2.23. The Bertz CT molecular complexity index is 739. The van der Waals surface area contributed by atoms with E-state index in [0.29, 0.717) is 6.54 Å². The molecule has 5 nitrogen and oxygen atoms in total. The predicted molar refractivity (Wildman–Crippen MR) is 87.8 cm³/mol. The van der Waals surface area contributed by atoms with E-state index in [1.54, 1.807) is 6.20 Å². The van der Waals surface area contributed by atoms with Gasteiger partial charge in [0, 0.05) is 25.0 Å². The number of pyridine rings is 1. The second-order valence-electron chi connectivity index (χ2n) is 5.34. The second-order valence-corrected chi connectivity index (χ2v) is 5.34. The lowest BCUT2D eigenvalue weighted by Crippen LogP contribution is -2.25. The van der Waals surface area contributed by atoms with Crippen LogP contribution in [0.25, 0.3) is 11.2 Å². The molecule has 0 aliphatic heterocycles. The number of benzene rings is 1. The molecule has 3 aromatic rings. The highest BCUT2D eigenvalue weighted by atomic mass is 16.3. The Morgan fingerprint density at radius 2 is 2.00 bits per heavy atom. The van der Waals surface area contributed by atoms with E-state index in [-0.39, 0.29) is 6.61 Å². The molecule has 3 rings (SSSR count). The van der Waals surface area contributed by atoms with E-state index >= 15 is 0 Å². The number of anilines is 1. The summed E-state index contributed by atoms with van der Waals surface area (Å²) in [5.74, 6) is 0.888. The van der Waals surface area contributed by atoms with Crippen LogP contribution in [0.5, 0.6) is 0 Å². The molecular weight excluding hydrogens is 276 g/mol. The van der Waals surface area contributed by atoms with Crippen LogP contribution in [0.4, 0.5) is 5.69 Å². The molecule has 5 heteroatoms. The Morgan fingerprint density at radius 1 is 1.18 bits per heavy atom. The van der Waals surface area contributed by atoms with Crippen LogP contribution in [0.1, 0.15) is 17.8 Å². The number of aromatic nitrogens is 3. The van der Waals surface area contributed by atoms with Crippen molar-refractivity contribution in [3.8, 4) is 0 Å². The van der Waals surface area contributed by atoms with E-state index in [1.807, 2.05) is 31.2 Å². The van der Waals surface area contributed by atoms with E-state index in [1.165, 1.54) is 0 Å². The third-order valence-electron chi connectivity index (χ3n) is 3.70. The maximum atomic E-state index is 9.12. The van der Waals surface area contributed by atoms with Crippen LogP contribution in [0.15, 0.2) is 42.6 Å². The van der Waals surface area contributed by atoms with Crippen molar-refractivity contribution in [2.45, 2.75) is 19.9 Å². The van der Waals surface area contributed by atoms with Gasteiger partial charge in [0.2, 0.25) is 0 Å². The van der Waals surface area contributed by atoms with Gasteiger partial charge >= 0.3 is 0 Å². The van der Waals surface area contributed by atoms with Crippen molar-refractivity contribution < 1.29 is 5.11 Å². The van der Waals surface area contributed by atoms with Gasteiger partial charge in [-0.15, -0.1) is 0 Å². The molecule has 0 unspecified atom stereocenters. The molecule has 2 heterocycles. The Labute approximate surface area is 129 Å². The summed E-state index contributed by atoms with van der Waals surface area (Å²) in [4.78, 5) is 14.5. The van der Waals surface area contributed by atoms with Crippen molar-refractivity contribution in [3.63, 3.8) is 0 Å². The van der Waals surface area contributed by atoms with Gasteiger partial charge in [-0.05, 0) is 37.1 Å². The number of aliphatic hydroxyl groups excluding tert-OH is 1. The largest absolute Gasteiger partial charge is 0.396 e. The van der Waals surface area contributed by atoms with Gasteiger partial charge in [0.05, 0.1) is 12.1 Å². The molecule has 0 fully saturated rings. The summed E-state index contributed by atoms with van der Waals surface area (Å²) in [6, 6.07) is 12.2. The smallest absolute Gasteiger partial charge is 0.178 e. The molecule has 0 atom stereocenters. The van der Waals surface area contributed by atoms with E-state index in [4.69, 9.17) is 5.11 Å². The van der Waals surface area contributed by atoms with Crippen molar-refractivity contribution in [3.05, 3.63) is 54.0 Å². The Hall–Kier alpha value is -2.40. The number of imidazole rings is 1. The summed E-state index contributed by atoms with van der Waals surface area (Å²) in [5, 5.41) is 9.12. The number of hydrogen-bond acceptors (Lipinski definition) is 4. The van der Waals surface area contributed by atoms with Crippen molar-refractivity contribution in [1.82, 2.24) is 15.0 Å². The zero-order chi connectivity index (χ0) is 15.4. The fourth-order valence-electron chi connectivity index (χ4n) is 2.54. The number of aromatic amines is 1. The van der Waals surface area contributed by atoms with E-state index < -0.39 is 0 Å². The van der Waals surface area contributed by atoms with Gasteiger partial charge in [-0.3, -0.25) is 0 Å². The molecule has 2 aromatic heterocycles. The minimum Gasteiger partial charge on any atom is -0.396 e. The Kier molecular flexibility index (Phi) is 4.34. The number of nitrogens with zero attached hydrogens (tertiary/aromatic N) is 3. The third-order valence-corrected chi connectivity index (χ3v) is 3.70. The number of rotatable bonds is 6. The van der Waals surface area contributed by atoms with Crippen LogP contribution in [0, 0.1) is 6.92 Å². The predicted octanol–water partition coefficient (Wildman–Crippen LogP) is 2.66. The number of aryl methyl sites for hydroxylation is 1. The summed E-state index contributed by atoms with van der Waals surface area (Å²) in [6.07, 6.45) is 2.51. The number of H-pyrrole nitrogens is 1. The molecule has 0 aliphatic rings. The molecule has 0 radical (unpaired) electrons. The van der Waals surface area contributed by atoms with Gasteiger partial charge in [0.25, 0.3) is 0 Å². The molecule has 1 aromatic carbocycles. The molecule has 0 amide bonds. The number of para-hydroxylation sites is 1. The molecular formula is C17H20N4O. The van der Waals surface area contributed by atoms with Crippen LogP contribution in [0.2, 0.25) is 0 Å². The van der Waals surface area contributed by atoms with Crippen LogP contribution < -0.4 is 4.90 Å². The van der Waals surface area contributed by atoms with Crippen LogP contribution >= 0.6 is 0 Å². The Morgan fingerprint density at radius 3 is 2.73 bits per heavy atom. The summed E-state index contributed by atoms with van der Waals surface area (Å²) in [5.41, 5.74) is 4.02. The molecule has 0 saturated carbocycles. The van der Waals surface area contributed by atoms with Gasteiger partial charge in [0.15, 0.2) is 5.65 Å². The van der Waals surface area contributed by atoms with E-state index in [9.17, 15) is 0 Å². The fraction of sp³-hybridized carbons (Fsp3) is 0.294. The molecule has 0 spiro atoms. The van der Waals surface area contributed by atoms with Crippen LogP contribution in [-0.2, 0) is 6.54 Å². The lowest BCUT2D eigenvalue weighted by atomic mass is 10.2. The first kappa shape index (κ1) is 14.5. The standard InChI is InChI=1S/C17H20N4O/c1-13-8-9-18-17-16(13)19-15(20-17)12-21(10-5-11-22)14-6-3-2-4-7-14/h2-4,6-9,22H,5,10-12H2,1H3,(H,18,19,20). The zero-order valence-electron chi connectivity index (χ0n) is 12.7. The highest BCUT2D eigenvalue weighted by Crippen LogP contribution is 2.18. The topological polar surface area (TPSA) is 65.0 Å². The monoisotopic (exact) mass is 296 g/mol. The van der Waals surface area contributed by atoms with Gasteiger partial charge in [-0.1, -0.05) is 18.2 Å². The SMILES string of the molecule is Cc1ccnc2nc(CN(CCCO)c3ccccc3)[nH]c12. The van der Waals surface area contributed by atoms with E-state index in [2.05, 4.69) is 32.0 Å². The average Bonchev–Trinajstić information content (AvgIpc) is 2.96. The highest BCUT2D eigenvalue weighted by Gasteiger charge is 2.11. The molecule has 22 heavy (non-hydrogen) atoms. The van der Waals surface area contributed by atoms with Gasteiger partial charge < -0.3 is 15.0 Å². The molecule has 2 N–H and O–H groups in total. The molecule has 0 aliphatic carbocycles. The normalized spacial score (nSPS) is 11.0. The number of hydrogen-bond donors (Lipinski definition) is 2. The maximum Gasteiger partial charge on any atom is 0.178 e. The lowest BCUT2D eigenvalue weighted by molar-refractivity contribution is 0.289. The van der Waals surface area contributed by atoms with Gasteiger partial charge in [0.1, 0.15) is 5.82 Å². The average molecular weight is 296 g/mol. The summed E-state index contributed by atoms with van der Waals surface area (Å²) >= 11 is 0. The van der Waals surface area contributed by atoms with Crippen molar-refractivity contribution in [2.75, 3.05) is 18.1 Å². The number of fused-ring (bicyclic) bond motifs is 1. The Balaban J connectivity index is 1.86. The van der Waals surface area contributed by atoms with E-state index in [0.717, 1.165) is 41.2 Å². The quantitative estimate of drug-likeness (QED) is 0.734. The maximum absolute atomic E-state index is 9.12. The highest BCUT2D eigenvalue weighted by molar-refractivity contribution is 5.74. The summed E-state index contributed by atoms with van der Waals surface area (Å²) in [7, 11) is 0. The first-order valence-electron chi connectivity index (χ1n) is 7.49. The first-order chi connectivity index (χ1) is 10.8. The van der Waals surface area contributed by atoms with Gasteiger partial charge in [-0.25, -0.2) is 9.97 Å². The fourth-order valence-corrected chi connectivity index (χ4v) is 2.54. The number of aliphatic hydroxyl groups is 1. The van der Waals surface area contributed by atoms with Crippen molar-refractivity contribution >= 4 is 16.9 Å². The minimum absolute atomic E-state index is 0.185. The minimum atomic E-state index is 0.185. The van der Waals surface area contributed by atoms with Crippen LogP contribution in [0.3, 0.4) is 0 Å². The zero-order valence-corrected chi connectivity index (χ0v) is 12.7. The van der Waals surface area contributed by atoms with Crippen molar-refractivity contribution in [2.24, 2.45) is 0 Å². The van der Waals surface area contributed by atoms with Crippen LogP contribution in [-0.4, -0.2) is 33.2 Å². The third kappa shape index (κ3) is 3.09. The molecule has 0 bridgehead atoms. The first-order valence-corrected chi connectivity index (χ1v) is 7.49. The second kappa shape index (κ2) is 6.58. The molecule has 0 saturated heterocycles.